The molecule has 0 spiro atoms. The summed E-state index contributed by atoms with van der Waals surface area (Å²) in [6.07, 6.45) is 6.39. The van der Waals surface area contributed by atoms with Crippen molar-refractivity contribution in [2.45, 2.75) is 39.0 Å². The second-order valence-electron chi connectivity index (χ2n) is 8.84. The molecule has 1 saturated carbocycles. The molecule has 1 aliphatic carbocycles. The molecule has 8 heteroatoms. The number of anilines is 1. The third-order valence-corrected chi connectivity index (χ3v) is 6.06. The van der Waals surface area contributed by atoms with Crippen LogP contribution in [0.25, 0.3) is 11.3 Å². The number of amides is 1. The molecule has 2 N–H and O–H groups in total. The van der Waals surface area contributed by atoms with Crippen LogP contribution >= 0.6 is 0 Å². The lowest BCUT2D eigenvalue weighted by atomic mass is 9.74. The Morgan fingerprint density at radius 3 is 2.33 bits per heavy atom. The summed E-state index contributed by atoms with van der Waals surface area (Å²) in [6.45, 7) is 4.43. The lowest BCUT2D eigenvalue weighted by Crippen LogP contribution is -2.21. The quantitative estimate of drug-likeness (QED) is 0.502. The largest absolute Gasteiger partial charge is 0.508 e. The van der Waals surface area contributed by atoms with Crippen molar-refractivity contribution in [2.24, 2.45) is 11.8 Å². The Morgan fingerprint density at radius 2 is 1.67 bits per heavy atom. The van der Waals surface area contributed by atoms with Crippen molar-refractivity contribution in [2.75, 3.05) is 5.32 Å². The van der Waals surface area contributed by atoms with Gasteiger partial charge >= 0.3 is 0 Å². The minimum absolute atomic E-state index is 0.210. The van der Waals surface area contributed by atoms with Crippen molar-refractivity contribution in [3.05, 3.63) is 71.4 Å². The van der Waals surface area contributed by atoms with Crippen LogP contribution in [0.2, 0.25) is 0 Å². The normalized spacial score (nSPS) is 20.5. The molecule has 2 heterocycles. The number of aromatic nitrogens is 2. The van der Waals surface area contributed by atoms with Gasteiger partial charge in [0.05, 0.1) is 17.4 Å². The van der Waals surface area contributed by atoms with Crippen LogP contribution in [0.4, 0.5) is 18.9 Å². The molecule has 2 atom stereocenters. The van der Waals surface area contributed by atoms with E-state index in [1.165, 1.54) is 0 Å². The molecule has 33 heavy (non-hydrogen) atoms. The second kappa shape index (κ2) is 9.21. The standard InChI is InChI=1S/C25H24F3N3O2/c1-13-7-14(2)9-15(8-13)17-5-6-29-12-22(17)31-25(33)21-4-3-18(26)24(30-21)23-19(27)10-16(32)11-20(23)28/h3-6,10-15,32H,7-9H2,1-2H3,(H,31,33). The number of hydrogen-bond donors (Lipinski definition) is 2. The molecule has 1 amide bonds. The van der Waals surface area contributed by atoms with Crippen LogP contribution in [0.3, 0.4) is 0 Å². The van der Waals surface area contributed by atoms with Gasteiger partial charge in [0.2, 0.25) is 0 Å². The van der Waals surface area contributed by atoms with Gasteiger partial charge in [-0.3, -0.25) is 9.78 Å². The molecule has 1 aromatic carbocycles. The predicted octanol–water partition coefficient (Wildman–Crippen LogP) is 6.06. The number of phenolic OH excluding ortho intramolecular Hbond substituents is 1. The average molecular weight is 455 g/mol. The third-order valence-electron chi connectivity index (χ3n) is 6.06. The van der Waals surface area contributed by atoms with E-state index in [-0.39, 0.29) is 11.6 Å². The second-order valence-corrected chi connectivity index (χ2v) is 8.84. The molecule has 2 aromatic heterocycles. The van der Waals surface area contributed by atoms with Crippen molar-refractivity contribution >= 4 is 11.6 Å². The number of nitrogens with zero attached hydrogens (tertiary/aromatic N) is 2. The molecule has 172 valence electrons. The van der Waals surface area contributed by atoms with Gasteiger partial charge in [-0.2, -0.15) is 0 Å². The SMILES string of the molecule is CC1CC(C)CC(c2ccncc2NC(=O)c2ccc(F)c(-c3c(F)cc(O)cc3F)n2)C1. The van der Waals surface area contributed by atoms with Crippen molar-refractivity contribution in [1.29, 1.82) is 0 Å². The Labute approximate surface area is 189 Å². The fraction of sp³-hybridized carbons (Fsp3) is 0.320. The van der Waals surface area contributed by atoms with E-state index in [4.69, 9.17) is 0 Å². The number of benzene rings is 1. The summed E-state index contributed by atoms with van der Waals surface area (Å²) in [5.74, 6) is -3.28. The highest BCUT2D eigenvalue weighted by molar-refractivity contribution is 6.03. The van der Waals surface area contributed by atoms with Crippen molar-refractivity contribution in [1.82, 2.24) is 9.97 Å². The molecule has 2 unspecified atom stereocenters. The smallest absolute Gasteiger partial charge is 0.274 e. The van der Waals surface area contributed by atoms with E-state index in [0.717, 1.165) is 37.0 Å². The van der Waals surface area contributed by atoms with Gasteiger partial charge in [-0.1, -0.05) is 13.8 Å². The van der Waals surface area contributed by atoms with E-state index in [1.54, 1.807) is 12.4 Å². The number of hydrogen-bond acceptors (Lipinski definition) is 4. The molecule has 0 saturated heterocycles. The maximum absolute atomic E-state index is 14.4. The van der Waals surface area contributed by atoms with Gasteiger partial charge in [-0.15, -0.1) is 0 Å². The van der Waals surface area contributed by atoms with Crippen LogP contribution in [-0.4, -0.2) is 21.0 Å². The highest BCUT2D eigenvalue weighted by Crippen LogP contribution is 2.41. The fourth-order valence-corrected chi connectivity index (χ4v) is 4.78. The van der Waals surface area contributed by atoms with Gasteiger partial charge in [0.1, 0.15) is 34.6 Å². The Kier molecular flexibility index (Phi) is 6.35. The summed E-state index contributed by atoms with van der Waals surface area (Å²) in [5.41, 5.74) is -0.122. The maximum atomic E-state index is 14.4. The molecule has 0 bridgehead atoms. The molecule has 0 radical (unpaired) electrons. The topological polar surface area (TPSA) is 75.1 Å². The molecule has 4 rings (SSSR count). The Balaban J connectivity index is 1.64. The van der Waals surface area contributed by atoms with Gasteiger partial charge in [0.15, 0.2) is 0 Å². The molecule has 0 aliphatic heterocycles. The van der Waals surface area contributed by atoms with E-state index < -0.39 is 40.4 Å². The number of carbonyl (C=O) groups is 1. The van der Waals surface area contributed by atoms with Crippen LogP contribution in [0.5, 0.6) is 5.75 Å². The maximum Gasteiger partial charge on any atom is 0.274 e. The van der Waals surface area contributed by atoms with Gasteiger partial charge in [-0.05, 0) is 60.8 Å². The Bertz CT molecular complexity index is 1170. The van der Waals surface area contributed by atoms with Crippen molar-refractivity contribution in [3.8, 4) is 17.0 Å². The van der Waals surface area contributed by atoms with E-state index in [2.05, 4.69) is 29.1 Å². The third kappa shape index (κ3) is 4.84. The van der Waals surface area contributed by atoms with Crippen molar-refractivity contribution < 1.29 is 23.1 Å². The zero-order valence-electron chi connectivity index (χ0n) is 18.3. The highest BCUT2D eigenvalue weighted by atomic mass is 19.1. The first kappa shape index (κ1) is 22.8. The van der Waals surface area contributed by atoms with Crippen LogP contribution in [0.15, 0.2) is 42.7 Å². The average Bonchev–Trinajstić information content (AvgIpc) is 2.74. The minimum Gasteiger partial charge on any atom is -0.508 e. The number of rotatable bonds is 4. The summed E-state index contributed by atoms with van der Waals surface area (Å²) in [5, 5.41) is 12.1. The number of nitrogens with one attached hydrogen (secondary N) is 1. The zero-order chi connectivity index (χ0) is 23.7. The van der Waals surface area contributed by atoms with Crippen LogP contribution in [-0.2, 0) is 0 Å². The van der Waals surface area contributed by atoms with Gasteiger partial charge in [0.25, 0.3) is 5.91 Å². The number of carbonyl (C=O) groups excluding carboxylic acids is 1. The molecule has 3 aromatic rings. The van der Waals surface area contributed by atoms with Crippen LogP contribution in [0.1, 0.15) is 55.1 Å². The van der Waals surface area contributed by atoms with E-state index >= 15 is 0 Å². The molecule has 1 aliphatic rings. The number of halogens is 3. The van der Waals surface area contributed by atoms with Crippen LogP contribution in [0, 0.1) is 29.3 Å². The van der Waals surface area contributed by atoms with Gasteiger partial charge in [-0.25, -0.2) is 18.2 Å². The number of pyridine rings is 2. The summed E-state index contributed by atoms with van der Waals surface area (Å²) in [6, 6.07) is 5.26. The van der Waals surface area contributed by atoms with Gasteiger partial charge in [0, 0.05) is 18.3 Å². The first-order valence-corrected chi connectivity index (χ1v) is 10.8. The number of aromatic hydroxyl groups is 1. The summed E-state index contributed by atoms with van der Waals surface area (Å²) >= 11 is 0. The lowest BCUT2D eigenvalue weighted by Gasteiger charge is -2.32. The summed E-state index contributed by atoms with van der Waals surface area (Å²) < 4.78 is 42.9. The van der Waals surface area contributed by atoms with E-state index in [9.17, 15) is 23.1 Å². The Hall–Kier alpha value is -3.42. The summed E-state index contributed by atoms with van der Waals surface area (Å²) in [7, 11) is 0. The predicted molar refractivity (Wildman–Crippen MR) is 118 cm³/mol. The first-order valence-electron chi connectivity index (χ1n) is 10.8. The molecular weight excluding hydrogens is 431 g/mol. The summed E-state index contributed by atoms with van der Waals surface area (Å²) in [4.78, 5) is 21.0. The van der Waals surface area contributed by atoms with Crippen molar-refractivity contribution in [3.63, 3.8) is 0 Å². The monoisotopic (exact) mass is 455 g/mol. The highest BCUT2D eigenvalue weighted by Gasteiger charge is 2.27. The minimum atomic E-state index is -1.19. The van der Waals surface area contributed by atoms with E-state index in [0.29, 0.717) is 29.7 Å². The zero-order valence-corrected chi connectivity index (χ0v) is 18.3. The molecule has 5 nitrogen and oxygen atoms in total. The van der Waals surface area contributed by atoms with Crippen LogP contribution < -0.4 is 5.32 Å². The fourth-order valence-electron chi connectivity index (χ4n) is 4.78. The Morgan fingerprint density at radius 1 is 1.00 bits per heavy atom. The first-order chi connectivity index (χ1) is 15.7. The molecular formula is C25H24F3N3O2. The number of phenols is 1. The van der Waals surface area contributed by atoms with Gasteiger partial charge < -0.3 is 10.4 Å². The van der Waals surface area contributed by atoms with E-state index in [1.807, 2.05) is 6.07 Å². The lowest BCUT2D eigenvalue weighted by molar-refractivity contribution is 0.102. The molecule has 1 fully saturated rings.